The van der Waals surface area contributed by atoms with Crippen molar-refractivity contribution in [2.24, 2.45) is 0 Å². The second-order valence-electron chi connectivity index (χ2n) is 5.36. The number of ether oxygens (including phenoxy) is 1. The Labute approximate surface area is 125 Å². The van der Waals surface area contributed by atoms with Gasteiger partial charge in [0.2, 0.25) is 0 Å². The molecule has 6 nitrogen and oxygen atoms in total. The molecule has 6 heteroatoms. The summed E-state index contributed by atoms with van der Waals surface area (Å²) in [7, 11) is 1.83. The number of hydrogen-bond donors (Lipinski definition) is 1. The number of nitrogens with two attached hydrogens (primary N) is 1. The minimum absolute atomic E-state index is 0.00567. The molecule has 1 aromatic rings. The molecule has 0 radical (unpaired) electrons. The molecule has 1 aliphatic rings. The Hall–Kier alpha value is -1.66. The molecule has 1 aromatic heterocycles. The van der Waals surface area contributed by atoms with E-state index in [0.29, 0.717) is 11.4 Å². The third-order valence-electron chi connectivity index (χ3n) is 3.70. The van der Waals surface area contributed by atoms with Crippen LogP contribution in [-0.4, -0.2) is 67.1 Å². The topological polar surface area (TPSA) is 71.7 Å². The number of aromatic nitrogens is 1. The fourth-order valence-electron chi connectivity index (χ4n) is 2.36. The van der Waals surface area contributed by atoms with Gasteiger partial charge in [-0.25, -0.2) is 4.98 Å². The van der Waals surface area contributed by atoms with E-state index in [9.17, 15) is 4.79 Å². The molecule has 1 saturated heterocycles. The molecule has 21 heavy (non-hydrogen) atoms. The predicted molar refractivity (Wildman–Crippen MR) is 82.1 cm³/mol. The summed E-state index contributed by atoms with van der Waals surface area (Å²) in [6.45, 7) is 5.55. The normalized spacial score (nSPS) is 15.9. The van der Waals surface area contributed by atoms with Crippen LogP contribution in [0.15, 0.2) is 18.3 Å². The zero-order valence-electron chi connectivity index (χ0n) is 12.6. The Balaban J connectivity index is 1.67. The van der Waals surface area contributed by atoms with E-state index in [1.165, 1.54) is 6.20 Å². The number of hydrogen-bond acceptors (Lipinski definition) is 5. The Morgan fingerprint density at radius 1 is 1.38 bits per heavy atom. The maximum absolute atomic E-state index is 12.2. The van der Waals surface area contributed by atoms with E-state index in [2.05, 4.69) is 9.88 Å². The number of morpholine rings is 1. The molecule has 116 valence electrons. The molecule has 0 atom stereocenters. The fraction of sp³-hybridized carbons (Fsp3) is 0.600. The second-order valence-corrected chi connectivity index (χ2v) is 5.36. The summed E-state index contributed by atoms with van der Waals surface area (Å²) >= 11 is 0. The molecule has 0 aromatic carbocycles. The number of carbonyl (C=O) groups excluding carboxylic acids is 1. The van der Waals surface area contributed by atoms with Crippen molar-refractivity contribution in [3.05, 3.63) is 23.9 Å². The van der Waals surface area contributed by atoms with E-state index >= 15 is 0 Å². The van der Waals surface area contributed by atoms with Gasteiger partial charge in [-0.1, -0.05) is 0 Å². The standard InChI is InChI=1S/C15H24N4O2/c1-18(15(20)13-4-5-14(16)17-12-13)6-2-3-7-19-8-10-21-11-9-19/h4-5,12H,2-3,6-11H2,1H3,(H2,16,17). The van der Waals surface area contributed by atoms with Crippen molar-refractivity contribution < 1.29 is 9.53 Å². The van der Waals surface area contributed by atoms with Gasteiger partial charge in [-0.2, -0.15) is 0 Å². The minimum atomic E-state index is -0.00567. The highest BCUT2D eigenvalue weighted by molar-refractivity contribution is 5.93. The van der Waals surface area contributed by atoms with Crippen LogP contribution in [0.1, 0.15) is 23.2 Å². The fourth-order valence-corrected chi connectivity index (χ4v) is 2.36. The zero-order valence-corrected chi connectivity index (χ0v) is 12.6. The monoisotopic (exact) mass is 292 g/mol. The van der Waals surface area contributed by atoms with Gasteiger partial charge >= 0.3 is 0 Å². The molecule has 0 bridgehead atoms. The maximum atomic E-state index is 12.2. The number of unbranched alkanes of at least 4 members (excludes halogenated alkanes) is 1. The number of rotatable bonds is 6. The molecule has 2 rings (SSSR count). The maximum Gasteiger partial charge on any atom is 0.255 e. The summed E-state index contributed by atoms with van der Waals surface area (Å²) in [5, 5.41) is 0. The SMILES string of the molecule is CN(CCCCN1CCOCC1)C(=O)c1ccc(N)nc1. The Morgan fingerprint density at radius 3 is 2.81 bits per heavy atom. The summed E-state index contributed by atoms with van der Waals surface area (Å²) in [5.74, 6) is 0.425. The highest BCUT2D eigenvalue weighted by atomic mass is 16.5. The van der Waals surface area contributed by atoms with Gasteiger partial charge in [0.15, 0.2) is 0 Å². The quantitative estimate of drug-likeness (QED) is 0.787. The van der Waals surface area contributed by atoms with Gasteiger partial charge in [0.05, 0.1) is 18.8 Å². The van der Waals surface area contributed by atoms with Crippen molar-refractivity contribution in [2.45, 2.75) is 12.8 Å². The molecule has 0 unspecified atom stereocenters. The Bertz CT molecular complexity index is 443. The zero-order chi connectivity index (χ0) is 15.1. The molecular formula is C15H24N4O2. The van der Waals surface area contributed by atoms with Crippen molar-refractivity contribution in [2.75, 3.05) is 52.2 Å². The molecule has 0 spiro atoms. The van der Waals surface area contributed by atoms with Crippen LogP contribution < -0.4 is 5.73 Å². The van der Waals surface area contributed by atoms with E-state index in [4.69, 9.17) is 10.5 Å². The van der Waals surface area contributed by atoms with Crippen molar-refractivity contribution in [3.8, 4) is 0 Å². The van der Waals surface area contributed by atoms with Gasteiger partial charge in [-0.05, 0) is 31.5 Å². The smallest absolute Gasteiger partial charge is 0.255 e. The lowest BCUT2D eigenvalue weighted by Crippen LogP contribution is -2.37. The summed E-state index contributed by atoms with van der Waals surface area (Å²) in [6.07, 6.45) is 3.63. The molecule has 2 heterocycles. The van der Waals surface area contributed by atoms with Gasteiger partial charge < -0.3 is 15.4 Å². The van der Waals surface area contributed by atoms with Gasteiger partial charge in [-0.15, -0.1) is 0 Å². The highest BCUT2D eigenvalue weighted by Gasteiger charge is 2.13. The predicted octanol–water partition coefficient (Wildman–Crippen LogP) is 0.848. The van der Waals surface area contributed by atoms with E-state index in [-0.39, 0.29) is 5.91 Å². The first-order valence-corrected chi connectivity index (χ1v) is 7.44. The van der Waals surface area contributed by atoms with Crippen LogP contribution in [0.2, 0.25) is 0 Å². The molecule has 1 amide bonds. The number of nitrogens with zero attached hydrogens (tertiary/aromatic N) is 3. The summed E-state index contributed by atoms with van der Waals surface area (Å²) < 4.78 is 5.32. The van der Waals surface area contributed by atoms with E-state index in [1.54, 1.807) is 17.0 Å². The molecule has 1 aliphatic heterocycles. The molecule has 1 fully saturated rings. The third-order valence-corrected chi connectivity index (χ3v) is 3.70. The second kappa shape index (κ2) is 7.95. The van der Waals surface area contributed by atoms with Crippen LogP contribution in [-0.2, 0) is 4.74 Å². The molecule has 2 N–H and O–H groups in total. The average molecular weight is 292 g/mol. The van der Waals surface area contributed by atoms with Crippen LogP contribution in [0.4, 0.5) is 5.82 Å². The van der Waals surface area contributed by atoms with Crippen LogP contribution in [0.3, 0.4) is 0 Å². The number of anilines is 1. The van der Waals surface area contributed by atoms with Gasteiger partial charge in [0.25, 0.3) is 5.91 Å². The first-order valence-electron chi connectivity index (χ1n) is 7.44. The number of amides is 1. The van der Waals surface area contributed by atoms with Crippen molar-refractivity contribution in [1.82, 2.24) is 14.8 Å². The van der Waals surface area contributed by atoms with E-state index in [1.807, 2.05) is 7.05 Å². The largest absolute Gasteiger partial charge is 0.384 e. The van der Waals surface area contributed by atoms with Gasteiger partial charge in [-0.3, -0.25) is 9.69 Å². The lowest BCUT2D eigenvalue weighted by molar-refractivity contribution is 0.0369. The van der Waals surface area contributed by atoms with Crippen LogP contribution in [0.5, 0.6) is 0 Å². The van der Waals surface area contributed by atoms with Gasteiger partial charge in [0, 0.05) is 32.9 Å². The summed E-state index contributed by atoms with van der Waals surface area (Å²) in [4.78, 5) is 20.3. The summed E-state index contributed by atoms with van der Waals surface area (Å²) in [6, 6.07) is 3.37. The number of nitrogen functional groups attached to an aromatic ring is 1. The third kappa shape index (κ3) is 4.99. The lowest BCUT2D eigenvalue weighted by Gasteiger charge is -2.26. The van der Waals surface area contributed by atoms with Crippen LogP contribution in [0.25, 0.3) is 0 Å². The average Bonchev–Trinajstić information content (AvgIpc) is 2.52. The Kier molecular flexibility index (Phi) is 5.95. The van der Waals surface area contributed by atoms with Gasteiger partial charge in [0.1, 0.15) is 5.82 Å². The number of carbonyl (C=O) groups is 1. The van der Waals surface area contributed by atoms with Crippen molar-refractivity contribution >= 4 is 11.7 Å². The number of pyridine rings is 1. The Morgan fingerprint density at radius 2 is 2.14 bits per heavy atom. The molecule has 0 saturated carbocycles. The summed E-state index contributed by atoms with van der Waals surface area (Å²) in [5.41, 5.74) is 6.11. The minimum Gasteiger partial charge on any atom is -0.384 e. The first-order chi connectivity index (χ1) is 10.2. The first kappa shape index (κ1) is 15.7. The van der Waals surface area contributed by atoms with Crippen LogP contribution >= 0.6 is 0 Å². The molecular weight excluding hydrogens is 268 g/mol. The highest BCUT2D eigenvalue weighted by Crippen LogP contribution is 2.06. The molecule has 0 aliphatic carbocycles. The van der Waals surface area contributed by atoms with Crippen molar-refractivity contribution in [1.29, 1.82) is 0 Å². The van der Waals surface area contributed by atoms with Crippen LogP contribution in [0, 0.1) is 0 Å². The lowest BCUT2D eigenvalue weighted by atomic mass is 10.2. The van der Waals surface area contributed by atoms with Crippen molar-refractivity contribution in [3.63, 3.8) is 0 Å². The van der Waals surface area contributed by atoms with E-state index in [0.717, 1.165) is 52.2 Å². The van der Waals surface area contributed by atoms with E-state index < -0.39 is 0 Å².